The number of ether oxygens (including phenoxy) is 2. The largest absolute Gasteiger partial charge is 0.497 e. The predicted molar refractivity (Wildman–Crippen MR) is 97.6 cm³/mol. The molecule has 0 amide bonds. The molecule has 0 bridgehead atoms. The van der Waals surface area contributed by atoms with Gasteiger partial charge in [0.15, 0.2) is 0 Å². The second-order valence-corrected chi connectivity index (χ2v) is 7.04. The summed E-state index contributed by atoms with van der Waals surface area (Å²) in [6.07, 6.45) is 6.80. The average Bonchev–Trinajstić information content (AvgIpc) is 2.66. The number of piperidine rings is 1. The number of rotatable bonds is 7. The third kappa shape index (κ3) is 4.06. The third-order valence-corrected chi connectivity index (χ3v) is 5.73. The zero-order valence-electron chi connectivity index (χ0n) is 14.9. The van der Waals surface area contributed by atoms with Gasteiger partial charge in [0.25, 0.3) is 0 Å². The van der Waals surface area contributed by atoms with Crippen molar-refractivity contribution in [1.29, 1.82) is 0 Å². The highest BCUT2D eigenvalue weighted by atomic mass is 16.5. The van der Waals surface area contributed by atoms with Crippen LogP contribution in [0, 0.1) is 5.41 Å². The maximum Gasteiger partial charge on any atom is 0.118 e. The number of aliphatic hydroxyl groups excluding tert-OH is 2. The number of benzene rings is 1. The monoisotopic (exact) mass is 347 g/mol. The van der Waals surface area contributed by atoms with Gasteiger partial charge in [-0.2, -0.15) is 0 Å². The first kappa shape index (κ1) is 18.4. The average molecular weight is 347 g/mol. The Bertz CT molecular complexity index is 564. The minimum atomic E-state index is -0.256. The molecule has 2 aliphatic rings. The molecule has 2 fully saturated rings. The van der Waals surface area contributed by atoms with Crippen LogP contribution in [0.15, 0.2) is 30.3 Å². The van der Waals surface area contributed by atoms with Gasteiger partial charge in [-0.3, -0.25) is 4.90 Å². The molecule has 1 aromatic carbocycles. The Kier molecular flexibility index (Phi) is 6.12. The van der Waals surface area contributed by atoms with E-state index in [1.165, 1.54) is 5.56 Å². The lowest BCUT2D eigenvalue weighted by Gasteiger charge is -2.56. The summed E-state index contributed by atoms with van der Waals surface area (Å²) in [6, 6.07) is 8.03. The minimum Gasteiger partial charge on any atom is -0.497 e. The SMILES string of the molecule is COc1ccc(/C=C/CN2CCC3(CC2)[C@H](O)C[C@@H]3OCCO)cc1. The van der Waals surface area contributed by atoms with E-state index in [2.05, 4.69) is 17.1 Å². The fourth-order valence-corrected chi connectivity index (χ4v) is 4.02. The second-order valence-electron chi connectivity index (χ2n) is 7.04. The van der Waals surface area contributed by atoms with Crippen molar-refractivity contribution in [2.45, 2.75) is 31.5 Å². The maximum atomic E-state index is 10.3. The number of nitrogens with zero attached hydrogens (tertiary/aromatic N) is 1. The fourth-order valence-electron chi connectivity index (χ4n) is 4.02. The summed E-state index contributed by atoms with van der Waals surface area (Å²) in [5.41, 5.74) is 1.08. The smallest absolute Gasteiger partial charge is 0.118 e. The summed E-state index contributed by atoms with van der Waals surface area (Å²) >= 11 is 0. The van der Waals surface area contributed by atoms with Crippen LogP contribution < -0.4 is 4.74 Å². The molecule has 5 nitrogen and oxygen atoms in total. The molecule has 0 radical (unpaired) electrons. The molecular weight excluding hydrogens is 318 g/mol. The number of hydrogen-bond donors (Lipinski definition) is 2. The van der Waals surface area contributed by atoms with Crippen LogP contribution in [0.25, 0.3) is 6.08 Å². The molecule has 1 saturated heterocycles. The molecule has 0 aromatic heterocycles. The molecule has 1 aliphatic carbocycles. The highest BCUT2D eigenvalue weighted by molar-refractivity contribution is 5.50. The van der Waals surface area contributed by atoms with Crippen LogP contribution in [-0.4, -0.2) is 67.3 Å². The maximum absolute atomic E-state index is 10.3. The summed E-state index contributed by atoms with van der Waals surface area (Å²) in [6.45, 7) is 3.28. The van der Waals surface area contributed by atoms with E-state index in [9.17, 15) is 5.11 Å². The topological polar surface area (TPSA) is 62.2 Å². The van der Waals surface area contributed by atoms with Crippen LogP contribution in [0.5, 0.6) is 5.75 Å². The molecule has 1 saturated carbocycles. The van der Waals surface area contributed by atoms with Crippen molar-refractivity contribution >= 4 is 6.08 Å². The van der Waals surface area contributed by atoms with Gasteiger partial charge in [0, 0.05) is 18.4 Å². The van der Waals surface area contributed by atoms with Crippen molar-refractivity contribution in [3.8, 4) is 5.75 Å². The molecule has 5 heteroatoms. The van der Waals surface area contributed by atoms with Crippen LogP contribution >= 0.6 is 0 Å². The summed E-state index contributed by atoms with van der Waals surface area (Å²) in [5.74, 6) is 0.871. The van der Waals surface area contributed by atoms with E-state index in [0.717, 1.165) is 38.2 Å². The second kappa shape index (κ2) is 8.32. The number of aliphatic hydroxyl groups is 2. The number of methoxy groups -OCH3 is 1. The summed E-state index contributed by atoms with van der Waals surface area (Å²) < 4.78 is 10.9. The molecular formula is C20H29NO4. The normalized spacial score (nSPS) is 26.0. The van der Waals surface area contributed by atoms with Crippen molar-refractivity contribution < 1.29 is 19.7 Å². The zero-order chi connectivity index (χ0) is 17.7. The third-order valence-electron chi connectivity index (χ3n) is 5.73. The lowest BCUT2D eigenvalue weighted by Crippen LogP contribution is -2.62. The Morgan fingerprint density at radius 1 is 1.24 bits per heavy atom. The van der Waals surface area contributed by atoms with Crippen LogP contribution in [0.4, 0.5) is 0 Å². The molecule has 1 aliphatic heterocycles. The van der Waals surface area contributed by atoms with E-state index >= 15 is 0 Å². The van der Waals surface area contributed by atoms with Crippen LogP contribution in [0.1, 0.15) is 24.8 Å². The summed E-state index contributed by atoms with van der Waals surface area (Å²) in [7, 11) is 1.67. The number of hydrogen-bond acceptors (Lipinski definition) is 5. The van der Waals surface area contributed by atoms with E-state index in [4.69, 9.17) is 14.6 Å². The number of likely N-dealkylation sites (tertiary alicyclic amines) is 1. The molecule has 3 rings (SSSR count). The van der Waals surface area contributed by atoms with E-state index in [1.807, 2.05) is 24.3 Å². The summed E-state index contributed by atoms with van der Waals surface area (Å²) in [5, 5.41) is 19.2. The molecule has 2 atom stereocenters. The predicted octanol–water partition coefficient (Wildman–Crippen LogP) is 1.93. The van der Waals surface area contributed by atoms with Gasteiger partial charge in [0.05, 0.1) is 32.5 Å². The first-order chi connectivity index (χ1) is 12.2. The van der Waals surface area contributed by atoms with Gasteiger partial charge in [-0.05, 0) is 43.6 Å². The van der Waals surface area contributed by atoms with Crippen molar-refractivity contribution in [3.63, 3.8) is 0 Å². The molecule has 2 N–H and O–H groups in total. The lowest BCUT2D eigenvalue weighted by molar-refractivity contribution is -0.212. The van der Waals surface area contributed by atoms with Gasteiger partial charge in [0.2, 0.25) is 0 Å². The first-order valence-electron chi connectivity index (χ1n) is 9.11. The quantitative estimate of drug-likeness (QED) is 0.789. The van der Waals surface area contributed by atoms with Gasteiger partial charge < -0.3 is 19.7 Å². The van der Waals surface area contributed by atoms with Gasteiger partial charge in [-0.15, -0.1) is 0 Å². The van der Waals surface area contributed by atoms with Crippen LogP contribution in [0.2, 0.25) is 0 Å². The van der Waals surface area contributed by atoms with E-state index in [-0.39, 0.29) is 24.2 Å². The highest BCUT2D eigenvalue weighted by Gasteiger charge is 2.55. The molecule has 1 spiro atoms. The molecule has 1 heterocycles. The molecule has 1 aromatic rings. The van der Waals surface area contributed by atoms with Crippen LogP contribution in [-0.2, 0) is 4.74 Å². The van der Waals surface area contributed by atoms with Crippen molar-refractivity contribution in [2.75, 3.05) is 40.0 Å². The Hall–Kier alpha value is -1.40. The first-order valence-corrected chi connectivity index (χ1v) is 9.11. The van der Waals surface area contributed by atoms with E-state index in [1.54, 1.807) is 7.11 Å². The Balaban J connectivity index is 1.46. The minimum absolute atomic E-state index is 0.0466. The van der Waals surface area contributed by atoms with Gasteiger partial charge >= 0.3 is 0 Å². The molecule has 0 unspecified atom stereocenters. The van der Waals surface area contributed by atoms with Crippen molar-refractivity contribution in [1.82, 2.24) is 4.90 Å². The van der Waals surface area contributed by atoms with Crippen molar-refractivity contribution in [2.24, 2.45) is 5.41 Å². The lowest BCUT2D eigenvalue weighted by atomic mass is 9.58. The molecule has 25 heavy (non-hydrogen) atoms. The van der Waals surface area contributed by atoms with Gasteiger partial charge in [0.1, 0.15) is 5.75 Å². The fraction of sp³-hybridized carbons (Fsp3) is 0.600. The standard InChI is InChI=1S/C20H29NO4/c1-24-17-6-4-16(5-7-17)3-2-10-21-11-8-20(9-12-21)18(23)15-19(20)25-14-13-22/h2-7,18-19,22-23H,8-15H2,1H3/b3-2+/t18-,19+/m1/s1. The van der Waals surface area contributed by atoms with Gasteiger partial charge in [-0.1, -0.05) is 24.3 Å². The summed E-state index contributed by atoms with van der Waals surface area (Å²) in [4.78, 5) is 2.42. The van der Waals surface area contributed by atoms with Gasteiger partial charge in [-0.25, -0.2) is 0 Å². The Morgan fingerprint density at radius 2 is 1.96 bits per heavy atom. The van der Waals surface area contributed by atoms with E-state index < -0.39 is 0 Å². The van der Waals surface area contributed by atoms with Crippen LogP contribution in [0.3, 0.4) is 0 Å². The Labute approximate surface area is 149 Å². The Morgan fingerprint density at radius 3 is 2.56 bits per heavy atom. The van der Waals surface area contributed by atoms with Crippen molar-refractivity contribution in [3.05, 3.63) is 35.9 Å². The zero-order valence-corrected chi connectivity index (χ0v) is 14.9. The van der Waals surface area contributed by atoms with E-state index in [0.29, 0.717) is 13.0 Å². The molecule has 138 valence electrons. The highest BCUT2D eigenvalue weighted by Crippen LogP contribution is 2.50.